The molecule has 3 rings (SSSR count). The first-order valence-corrected chi connectivity index (χ1v) is 7.08. The molecule has 1 aliphatic heterocycles. The molecule has 0 spiro atoms. The topological polar surface area (TPSA) is 42.7 Å². The molecule has 2 heterocycles. The Morgan fingerprint density at radius 1 is 1.06 bits per heavy atom. The van der Waals surface area contributed by atoms with Crippen LogP contribution in [-0.4, -0.2) is 21.3 Å². The summed E-state index contributed by atoms with van der Waals surface area (Å²) in [7, 11) is 0. The number of rotatable bonds is 2. The normalized spacial score (nSPS) is 27.2. The first-order chi connectivity index (χ1) is 8.45. The number of aromatic nitrogens is 3. The minimum Gasteiger partial charge on any atom is -0.313 e. The van der Waals surface area contributed by atoms with Gasteiger partial charge in [0.1, 0.15) is 12.2 Å². The van der Waals surface area contributed by atoms with E-state index in [0.717, 1.165) is 6.54 Å². The van der Waals surface area contributed by atoms with Crippen LogP contribution in [0.5, 0.6) is 0 Å². The molecule has 2 fully saturated rings. The molecule has 94 valence electrons. The molecule has 0 aromatic carbocycles. The maximum Gasteiger partial charge on any atom is 0.150 e. The van der Waals surface area contributed by atoms with Gasteiger partial charge in [0.2, 0.25) is 0 Å². The lowest BCUT2D eigenvalue weighted by Gasteiger charge is -2.28. The van der Waals surface area contributed by atoms with Gasteiger partial charge < -0.3 is 9.88 Å². The zero-order chi connectivity index (χ0) is 11.5. The summed E-state index contributed by atoms with van der Waals surface area (Å²) in [6.45, 7) is 1.13. The number of nitrogens with one attached hydrogen (secondary N) is 1. The number of hydrogen-bond acceptors (Lipinski definition) is 3. The van der Waals surface area contributed by atoms with Gasteiger partial charge in [0.05, 0.1) is 6.04 Å². The zero-order valence-corrected chi connectivity index (χ0v) is 10.4. The van der Waals surface area contributed by atoms with E-state index in [1.165, 1.54) is 57.2 Å². The zero-order valence-electron chi connectivity index (χ0n) is 10.4. The summed E-state index contributed by atoms with van der Waals surface area (Å²) < 4.78 is 2.35. The van der Waals surface area contributed by atoms with E-state index in [1.54, 1.807) is 0 Å². The second-order valence-electron chi connectivity index (χ2n) is 5.39. The van der Waals surface area contributed by atoms with E-state index in [4.69, 9.17) is 0 Å². The van der Waals surface area contributed by atoms with Crippen molar-refractivity contribution >= 4 is 0 Å². The van der Waals surface area contributed by atoms with Gasteiger partial charge in [-0.25, -0.2) is 0 Å². The van der Waals surface area contributed by atoms with Crippen molar-refractivity contribution in [1.82, 2.24) is 20.1 Å². The van der Waals surface area contributed by atoms with E-state index in [0.29, 0.717) is 12.1 Å². The van der Waals surface area contributed by atoms with Crippen molar-refractivity contribution in [3.8, 4) is 0 Å². The molecule has 4 nitrogen and oxygen atoms in total. The molecule has 2 aliphatic rings. The fourth-order valence-corrected chi connectivity index (χ4v) is 3.21. The van der Waals surface area contributed by atoms with Crippen LogP contribution in [0.15, 0.2) is 6.33 Å². The summed E-state index contributed by atoms with van der Waals surface area (Å²) in [6.07, 6.45) is 12.5. The van der Waals surface area contributed by atoms with Gasteiger partial charge in [-0.3, -0.25) is 0 Å². The number of hydrogen-bond donors (Lipinski definition) is 1. The van der Waals surface area contributed by atoms with Crippen LogP contribution in [0.2, 0.25) is 0 Å². The summed E-state index contributed by atoms with van der Waals surface area (Å²) in [5.41, 5.74) is 0. The Morgan fingerprint density at radius 3 is 2.65 bits per heavy atom. The monoisotopic (exact) mass is 234 g/mol. The van der Waals surface area contributed by atoms with E-state index in [2.05, 4.69) is 20.1 Å². The highest BCUT2D eigenvalue weighted by Crippen LogP contribution is 2.31. The van der Waals surface area contributed by atoms with E-state index in [-0.39, 0.29) is 0 Å². The highest BCUT2D eigenvalue weighted by molar-refractivity contribution is 4.99. The lowest BCUT2D eigenvalue weighted by atomic mass is 9.94. The van der Waals surface area contributed by atoms with Crippen molar-refractivity contribution in [2.24, 2.45) is 0 Å². The molecule has 0 unspecified atom stereocenters. The van der Waals surface area contributed by atoms with Crippen molar-refractivity contribution < 1.29 is 0 Å². The molecule has 0 radical (unpaired) electrons. The average molecular weight is 234 g/mol. The smallest absolute Gasteiger partial charge is 0.150 e. The van der Waals surface area contributed by atoms with E-state index >= 15 is 0 Å². The van der Waals surface area contributed by atoms with Gasteiger partial charge in [0, 0.05) is 6.04 Å². The maximum atomic E-state index is 4.37. The number of piperidine rings is 1. The highest BCUT2D eigenvalue weighted by atomic mass is 15.3. The molecule has 0 amide bonds. The Kier molecular flexibility index (Phi) is 3.41. The summed E-state index contributed by atoms with van der Waals surface area (Å²) in [5.74, 6) is 1.18. The van der Waals surface area contributed by atoms with Crippen LogP contribution in [0, 0.1) is 0 Å². The molecule has 1 saturated heterocycles. The molecule has 1 aromatic rings. The molecule has 17 heavy (non-hydrogen) atoms. The minimum absolute atomic E-state index is 0.438. The molecule has 1 N–H and O–H groups in total. The van der Waals surface area contributed by atoms with Gasteiger partial charge in [-0.1, -0.05) is 25.7 Å². The second kappa shape index (κ2) is 5.17. The molecule has 1 aromatic heterocycles. The van der Waals surface area contributed by atoms with Crippen molar-refractivity contribution in [2.45, 2.75) is 63.5 Å². The average Bonchev–Trinajstić information content (AvgIpc) is 2.90. The van der Waals surface area contributed by atoms with Crippen LogP contribution in [0.1, 0.15) is 69.3 Å². The number of nitrogens with zero attached hydrogens (tertiary/aromatic N) is 3. The van der Waals surface area contributed by atoms with Crippen LogP contribution < -0.4 is 5.32 Å². The first-order valence-electron chi connectivity index (χ1n) is 7.08. The lowest BCUT2D eigenvalue weighted by molar-refractivity contribution is 0.319. The van der Waals surface area contributed by atoms with Gasteiger partial charge in [0.15, 0.2) is 0 Å². The van der Waals surface area contributed by atoms with Crippen molar-refractivity contribution in [2.75, 3.05) is 6.54 Å². The van der Waals surface area contributed by atoms with E-state index in [9.17, 15) is 0 Å². The molecule has 0 bridgehead atoms. The van der Waals surface area contributed by atoms with Crippen molar-refractivity contribution in [3.63, 3.8) is 0 Å². The first kappa shape index (κ1) is 11.2. The van der Waals surface area contributed by atoms with Crippen LogP contribution in [0.4, 0.5) is 0 Å². The van der Waals surface area contributed by atoms with Crippen molar-refractivity contribution in [3.05, 3.63) is 12.2 Å². The predicted molar refractivity (Wildman–Crippen MR) is 66.7 cm³/mol. The molecule has 1 aliphatic carbocycles. The van der Waals surface area contributed by atoms with Crippen LogP contribution in [0.25, 0.3) is 0 Å². The van der Waals surface area contributed by atoms with E-state index in [1.807, 2.05) is 6.33 Å². The van der Waals surface area contributed by atoms with Gasteiger partial charge in [0.25, 0.3) is 0 Å². The Morgan fingerprint density at radius 2 is 1.88 bits per heavy atom. The predicted octanol–water partition coefficient (Wildman–Crippen LogP) is 2.60. The second-order valence-corrected chi connectivity index (χ2v) is 5.39. The molecular formula is C13H22N4. The summed E-state index contributed by atoms with van der Waals surface area (Å²) >= 11 is 0. The molecule has 1 atom stereocenters. The maximum absolute atomic E-state index is 4.37. The van der Waals surface area contributed by atoms with Crippen molar-refractivity contribution in [1.29, 1.82) is 0 Å². The largest absolute Gasteiger partial charge is 0.313 e. The fraction of sp³-hybridized carbons (Fsp3) is 0.846. The van der Waals surface area contributed by atoms with E-state index < -0.39 is 0 Å². The Balaban J connectivity index is 1.77. The SMILES string of the molecule is c1nnc([C@H]2CCCCN2)n1C1CCCCC1. The Hall–Kier alpha value is -0.900. The van der Waals surface area contributed by atoms with Gasteiger partial charge in [-0.05, 0) is 32.2 Å². The summed E-state index contributed by atoms with van der Waals surface area (Å²) in [5, 5.41) is 12.1. The standard InChI is InChI=1S/C13H22N4/c1-2-6-11(7-3-1)17-10-15-16-13(17)12-8-4-5-9-14-12/h10-12,14H,1-9H2/t12-/m1/s1. The highest BCUT2D eigenvalue weighted by Gasteiger charge is 2.24. The third-order valence-electron chi connectivity index (χ3n) is 4.19. The van der Waals surface area contributed by atoms with Crippen LogP contribution in [0.3, 0.4) is 0 Å². The molecule has 1 saturated carbocycles. The third-order valence-corrected chi connectivity index (χ3v) is 4.19. The Labute approximate surface area is 103 Å². The third kappa shape index (κ3) is 2.37. The molecule has 4 heteroatoms. The summed E-state index contributed by atoms with van der Waals surface area (Å²) in [6, 6.07) is 1.09. The molecular weight excluding hydrogens is 212 g/mol. The van der Waals surface area contributed by atoms with Gasteiger partial charge in [-0.15, -0.1) is 10.2 Å². The van der Waals surface area contributed by atoms with Crippen LogP contribution >= 0.6 is 0 Å². The quantitative estimate of drug-likeness (QED) is 0.855. The Bertz CT molecular complexity index is 316. The minimum atomic E-state index is 0.438. The van der Waals surface area contributed by atoms with Crippen LogP contribution in [-0.2, 0) is 0 Å². The lowest BCUT2D eigenvalue weighted by Crippen LogP contribution is -2.30. The van der Waals surface area contributed by atoms with Gasteiger partial charge in [-0.2, -0.15) is 0 Å². The fourth-order valence-electron chi connectivity index (χ4n) is 3.21. The van der Waals surface area contributed by atoms with Gasteiger partial charge >= 0.3 is 0 Å². The summed E-state index contributed by atoms with van der Waals surface area (Å²) in [4.78, 5) is 0.